The first kappa shape index (κ1) is 10.8. The van der Waals surface area contributed by atoms with Gasteiger partial charge in [0.1, 0.15) is 11.7 Å². The Kier molecular flexibility index (Phi) is 3.00. The maximum absolute atomic E-state index is 11.4. The molecule has 1 unspecified atom stereocenters. The maximum atomic E-state index is 11.4. The van der Waals surface area contributed by atoms with E-state index in [2.05, 4.69) is 0 Å². The predicted octanol–water partition coefficient (Wildman–Crippen LogP) is 0.366. The fourth-order valence-electron chi connectivity index (χ4n) is 1.42. The molecule has 0 aromatic rings. The van der Waals surface area contributed by atoms with Crippen molar-refractivity contribution in [3.8, 4) is 0 Å². The van der Waals surface area contributed by atoms with Gasteiger partial charge < -0.3 is 0 Å². The van der Waals surface area contributed by atoms with Crippen molar-refractivity contribution in [2.75, 3.05) is 0 Å². The van der Waals surface area contributed by atoms with Crippen LogP contribution in [0.15, 0.2) is 0 Å². The first-order chi connectivity index (χ1) is 6.43. The number of carbonyl (C=O) groups excluding carboxylic acids is 3. The van der Waals surface area contributed by atoms with Crippen molar-refractivity contribution >= 4 is 17.6 Å². The molecule has 0 aromatic carbocycles. The molecule has 5 heteroatoms. The molecule has 1 saturated heterocycles. The van der Waals surface area contributed by atoms with E-state index in [0.29, 0.717) is 0 Å². The van der Waals surface area contributed by atoms with E-state index >= 15 is 0 Å². The van der Waals surface area contributed by atoms with Crippen LogP contribution in [0.1, 0.15) is 26.7 Å². The van der Waals surface area contributed by atoms with Gasteiger partial charge in [0.15, 0.2) is 0 Å². The number of ketones is 1. The third-order valence-electron chi connectivity index (χ3n) is 2.12. The van der Waals surface area contributed by atoms with Gasteiger partial charge in [-0.3, -0.25) is 19.6 Å². The Bertz CT molecular complexity index is 285. The number of rotatable bonds is 3. The highest BCUT2D eigenvalue weighted by Gasteiger charge is 2.42. The molecule has 0 aromatic heterocycles. The molecule has 0 saturated carbocycles. The van der Waals surface area contributed by atoms with E-state index in [1.165, 1.54) is 0 Å². The smallest absolute Gasteiger partial charge is 0.264 e. The van der Waals surface area contributed by atoms with Gasteiger partial charge in [0, 0.05) is 12.8 Å². The minimum atomic E-state index is -0.963. The summed E-state index contributed by atoms with van der Waals surface area (Å²) in [6.07, 6.45) is 0.0679. The van der Waals surface area contributed by atoms with E-state index in [0.717, 1.165) is 0 Å². The normalized spacial score (nSPS) is 22.3. The van der Waals surface area contributed by atoms with Crippen LogP contribution in [0, 0.1) is 11.8 Å². The molecule has 1 N–H and O–H groups in total. The predicted molar refractivity (Wildman–Crippen MR) is 46.2 cm³/mol. The Labute approximate surface area is 81.6 Å². The monoisotopic (exact) mass is 199 g/mol. The molecule has 1 rings (SSSR count). The summed E-state index contributed by atoms with van der Waals surface area (Å²) in [5, 5.41) is 8.95. The summed E-state index contributed by atoms with van der Waals surface area (Å²) >= 11 is 0. The molecule has 0 bridgehead atoms. The average molecular weight is 199 g/mol. The zero-order chi connectivity index (χ0) is 10.9. The molecule has 1 atom stereocenters. The lowest BCUT2D eigenvalue weighted by molar-refractivity contribution is -0.172. The SMILES string of the molecule is CC(C)CC(=O)C1CC(=O)N(O)C1=O. The molecular weight excluding hydrogens is 186 g/mol. The highest BCUT2D eigenvalue weighted by Crippen LogP contribution is 2.21. The van der Waals surface area contributed by atoms with Crippen LogP contribution in [-0.2, 0) is 14.4 Å². The summed E-state index contributed by atoms with van der Waals surface area (Å²) in [4.78, 5) is 33.5. The second-order valence-electron chi connectivity index (χ2n) is 3.86. The minimum Gasteiger partial charge on any atom is -0.299 e. The number of Topliss-reactive ketones (excluding diaryl/α,β-unsaturated/α-hetero) is 1. The highest BCUT2D eigenvalue weighted by atomic mass is 16.5. The summed E-state index contributed by atoms with van der Waals surface area (Å²) in [6, 6.07) is 0. The van der Waals surface area contributed by atoms with Crippen molar-refractivity contribution < 1.29 is 19.6 Å². The topological polar surface area (TPSA) is 74.7 Å². The summed E-state index contributed by atoms with van der Waals surface area (Å²) in [5.41, 5.74) is 0. The third kappa shape index (κ3) is 1.98. The molecule has 14 heavy (non-hydrogen) atoms. The van der Waals surface area contributed by atoms with Gasteiger partial charge in [-0.1, -0.05) is 13.8 Å². The maximum Gasteiger partial charge on any atom is 0.264 e. The molecule has 78 valence electrons. The number of hydrogen-bond acceptors (Lipinski definition) is 4. The third-order valence-corrected chi connectivity index (χ3v) is 2.12. The van der Waals surface area contributed by atoms with Crippen LogP contribution in [0.25, 0.3) is 0 Å². The van der Waals surface area contributed by atoms with E-state index in [9.17, 15) is 14.4 Å². The molecule has 1 aliphatic heterocycles. The number of hydrogen-bond donors (Lipinski definition) is 1. The number of hydroxylamine groups is 2. The minimum absolute atomic E-state index is 0.0445. The van der Waals surface area contributed by atoms with Gasteiger partial charge in [-0.25, -0.2) is 0 Å². The molecule has 1 fully saturated rings. The average Bonchev–Trinajstić information content (AvgIpc) is 2.32. The van der Waals surface area contributed by atoms with Crippen molar-refractivity contribution in [3.05, 3.63) is 0 Å². The van der Waals surface area contributed by atoms with E-state index in [-0.39, 0.29) is 29.6 Å². The van der Waals surface area contributed by atoms with Gasteiger partial charge in [0.25, 0.3) is 11.8 Å². The standard InChI is InChI=1S/C9H13NO4/c1-5(2)3-7(11)6-4-8(12)10(14)9(6)13/h5-6,14H,3-4H2,1-2H3. The van der Waals surface area contributed by atoms with Crippen LogP contribution >= 0.6 is 0 Å². The molecule has 0 radical (unpaired) electrons. The molecular formula is C9H13NO4. The zero-order valence-corrected chi connectivity index (χ0v) is 8.19. The highest BCUT2D eigenvalue weighted by molar-refractivity contribution is 6.13. The van der Waals surface area contributed by atoms with Crippen LogP contribution in [0.4, 0.5) is 0 Å². The molecule has 5 nitrogen and oxygen atoms in total. The number of imide groups is 1. The lowest BCUT2D eigenvalue weighted by Gasteiger charge is -2.08. The second kappa shape index (κ2) is 3.88. The van der Waals surface area contributed by atoms with Crippen molar-refractivity contribution in [1.29, 1.82) is 0 Å². The van der Waals surface area contributed by atoms with E-state index in [4.69, 9.17) is 5.21 Å². The van der Waals surface area contributed by atoms with Crippen molar-refractivity contribution in [1.82, 2.24) is 5.06 Å². The Morgan fingerprint density at radius 3 is 2.50 bits per heavy atom. The fourth-order valence-corrected chi connectivity index (χ4v) is 1.42. The summed E-state index contributed by atoms with van der Waals surface area (Å²) < 4.78 is 0. The first-order valence-electron chi connectivity index (χ1n) is 4.52. The Morgan fingerprint density at radius 2 is 2.14 bits per heavy atom. The number of amides is 2. The molecule has 0 aliphatic carbocycles. The number of nitrogens with zero attached hydrogens (tertiary/aromatic N) is 1. The molecule has 0 spiro atoms. The molecule has 1 heterocycles. The summed E-state index contributed by atoms with van der Waals surface area (Å²) in [5.74, 6) is -2.57. The Hall–Kier alpha value is -1.23. The number of carbonyl (C=O) groups is 3. The van der Waals surface area contributed by atoms with Crippen LogP contribution in [0.3, 0.4) is 0 Å². The van der Waals surface area contributed by atoms with Gasteiger partial charge in [-0.15, -0.1) is 0 Å². The van der Waals surface area contributed by atoms with Crippen molar-refractivity contribution in [2.45, 2.75) is 26.7 Å². The lowest BCUT2D eigenvalue weighted by Crippen LogP contribution is -2.29. The van der Waals surface area contributed by atoms with E-state index in [1.807, 2.05) is 13.8 Å². The summed E-state index contributed by atoms with van der Waals surface area (Å²) in [7, 11) is 0. The van der Waals surface area contributed by atoms with Crippen molar-refractivity contribution in [3.63, 3.8) is 0 Å². The van der Waals surface area contributed by atoms with Gasteiger partial charge in [-0.05, 0) is 5.92 Å². The second-order valence-corrected chi connectivity index (χ2v) is 3.86. The van der Waals surface area contributed by atoms with Gasteiger partial charge >= 0.3 is 0 Å². The zero-order valence-electron chi connectivity index (χ0n) is 8.19. The van der Waals surface area contributed by atoms with E-state index < -0.39 is 17.7 Å². The Balaban J connectivity index is 2.67. The van der Waals surface area contributed by atoms with Gasteiger partial charge in [0.2, 0.25) is 0 Å². The van der Waals surface area contributed by atoms with Crippen LogP contribution < -0.4 is 0 Å². The summed E-state index contributed by atoms with van der Waals surface area (Å²) in [6.45, 7) is 3.71. The lowest BCUT2D eigenvalue weighted by atomic mass is 9.95. The van der Waals surface area contributed by atoms with Crippen LogP contribution in [-0.4, -0.2) is 27.9 Å². The van der Waals surface area contributed by atoms with Crippen LogP contribution in [0.2, 0.25) is 0 Å². The first-order valence-corrected chi connectivity index (χ1v) is 4.52. The Morgan fingerprint density at radius 1 is 1.57 bits per heavy atom. The molecule has 2 amide bonds. The van der Waals surface area contributed by atoms with Crippen molar-refractivity contribution in [2.24, 2.45) is 11.8 Å². The quantitative estimate of drug-likeness (QED) is 0.404. The van der Waals surface area contributed by atoms with Gasteiger partial charge in [-0.2, -0.15) is 5.06 Å². The molecule has 1 aliphatic rings. The van der Waals surface area contributed by atoms with Gasteiger partial charge in [0.05, 0.1) is 0 Å². The van der Waals surface area contributed by atoms with Crippen LogP contribution in [0.5, 0.6) is 0 Å². The fraction of sp³-hybridized carbons (Fsp3) is 0.667. The van der Waals surface area contributed by atoms with E-state index in [1.54, 1.807) is 0 Å². The largest absolute Gasteiger partial charge is 0.299 e.